The van der Waals surface area contributed by atoms with Crippen molar-refractivity contribution in [3.8, 4) is 5.75 Å². The minimum atomic E-state index is -0.366. The molecule has 1 amide bonds. The van der Waals surface area contributed by atoms with Gasteiger partial charge in [-0.3, -0.25) is 9.78 Å². The number of carbonyl (C=O) groups is 1. The SMILES string of the molecule is CSCC[C@H](N)C(=O)N1CCC(Oc2ccncc2)CC1.Cl.Cl. The van der Waals surface area contributed by atoms with Gasteiger partial charge < -0.3 is 15.4 Å². The van der Waals surface area contributed by atoms with Gasteiger partial charge in [0.25, 0.3) is 0 Å². The summed E-state index contributed by atoms with van der Waals surface area (Å²) >= 11 is 1.72. The second-order valence-corrected chi connectivity index (χ2v) is 6.20. The van der Waals surface area contributed by atoms with Crippen molar-refractivity contribution in [2.45, 2.75) is 31.4 Å². The molecule has 1 aromatic heterocycles. The van der Waals surface area contributed by atoms with Crippen molar-refractivity contribution in [3.63, 3.8) is 0 Å². The van der Waals surface area contributed by atoms with Gasteiger partial charge in [-0.2, -0.15) is 11.8 Å². The van der Waals surface area contributed by atoms with Crippen LogP contribution >= 0.6 is 36.6 Å². The first-order valence-electron chi connectivity index (χ1n) is 7.30. The van der Waals surface area contributed by atoms with Gasteiger partial charge in [0, 0.05) is 38.3 Å². The van der Waals surface area contributed by atoms with Gasteiger partial charge in [0.15, 0.2) is 0 Å². The summed E-state index contributed by atoms with van der Waals surface area (Å²) in [6, 6.07) is 3.35. The number of halogens is 2. The molecule has 1 aromatic rings. The van der Waals surface area contributed by atoms with Gasteiger partial charge in [-0.05, 0) is 30.6 Å². The van der Waals surface area contributed by atoms with Crippen molar-refractivity contribution < 1.29 is 9.53 Å². The van der Waals surface area contributed by atoms with E-state index in [0.29, 0.717) is 0 Å². The topological polar surface area (TPSA) is 68.5 Å². The number of piperidine rings is 1. The monoisotopic (exact) mass is 381 g/mol. The molecule has 2 N–H and O–H groups in total. The zero-order valence-corrected chi connectivity index (χ0v) is 15.7. The van der Waals surface area contributed by atoms with Crippen LogP contribution in [-0.2, 0) is 4.79 Å². The number of thioether (sulfide) groups is 1. The van der Waals surface area contributed by atoms with E-state index < -0.39 is 0 Å². The van der Waals surface area contributed by atoms with Crippen LogP contribution in [0.15, 0.2) is 24.5 Å². The average molecular weight is 382 g/mol. The Morgan fingerprint density at radius 3 is 2.57 bits per heavy atom. The van der Waals surface area contributed by atoms with Crippen LogP contribution in [0.5, 0.6) is 5.75 Å². The molecule has 0 aromatic carbocycles. The molecule has 23 heavy (non-hydrogen) atoms. The highest BCUT2D eigenvalue weighted by Gasteiger charge is 2.26. The van der Waals surface area contributed by atoms with Gasteiger partial charge in [0.05, 0.1) is 6.04 Å². The molecule has 1 aliphatic rings. The Morgan fingerprint density at radius 1 is 1.39 bits per heavy atom. The Morgan fingerprint density at radius 2 is 2.00 bits per heavy atom. The molecule has 0 bridgehead atoms. The third-order valence-electron chi connectivity index (χ3n) is 3.66. The van der Waals surface area contributed by atoms with Gasteiger partial charge in [-0.1, -0.05) is 0 Å². The molecule has 0 radical (unpaired) electrons. The van der Waals surface area contributed by atoms with Crippen LogP contribution in [0, 0.1) is 0 Å². The largest absolute Gasteiger partial charge is 0.490 e. The quantitative estimate of drug-likeness (QED) is 0.818. The molecule has 0 unspecified atom stereocenters. The first-order valence-corrected chi connectivity index (χ1v) is 8.70. The number of carbonyl (C=O) groups excluding carboxylic acids is 1. The molecule has 0 aliphatic carbocycles. The van der Waals surface area contributed by atoms with E-state index in [1.807, 2.05) is 23.3 Å². The molecule has 1 fully saturated rings. The summed E-state index contributed by atoms with van der Waals surface area (Å²) in [6.07, 6.45) is 8.08. The highest BCUT2D eigenvalue weighted by Crippen LogP contribution is 2.18. The number of nitrogens with two attached hydrogens (primary N) is 1. The van der Waals surface area contributed by atoms with Gasteiger partial charge in [0.2, 0.25) is 5.91 Å². The Bertz CT molecular complexity index is 446. The highest BCUT2D eigenvalue weighted by atomic mass is 35.5. The van der Waals surface area contributed by atoms with Crippen LogP contribution in [0.1, 0.15) is 19.3 Å². The summed E-state index contributed by atoms with van der Waals surface area (Å²) in [5.41, 5.74) is 5.95. The molecule has 1 saturated heterocycles. The maximum absolute atomic E-state index is 12.2. The van der Waals surface area contributed by atoms with E-state index >= 15 is 0 Å². The zero-order valence-electron chi connectivity index (χ0n) is 13.2. The molecule has 1 atom stereocenters. The normalized spacial score (nSPS) is 16.0. The van der Waals surface area contributed by atoms with E-state index in [0.717, 1.165) is 43.9 Å². The molecule has 1 aliphatic heterocycles. The second-order valence-electron chi connectivity index (χ2n) is 5.21. The lowest BCUT2D eigenvalue weighted by Gasteiger charge is -2.33. The third-order valence-corrected chi connectivity index (χ3v) is 4.30. The van der Waals surface area contributed by atoms with Crippen LogP contribution in [0.2, 0.25) is 0 Å². The maximum Gasteiger partial charge on any atom is 0.239 e. The molecule has 0 spiro atoms. The molecule has 132 valence electrons. The van der Waals surface area contributed by atoms with Crippen LogP contribution in [0.4, 0.5) is 0 Å². The van der Waals surface area contributed by atoms with E-state index in [-0.39, 0.29) is 42.9 Å². The fourth-order valence-electron chi connectivity index (χ4n) is 2.41. The van der Waals surface area contributed by atoms with Gasteiger partial charge in [-0.15, -0.1) is 24.8 Å². The van der Waals surface area contributed by atoms with E-state index in [9.17, 15) is 4.79 Å². The number of ether oxygens (including phenoxy) is 1. The summed E-state index contributed by atoms with van der Waals surface area (Å²) in [5.74, 6) is 1.84. The number of hydrogen-bond donors (Lipinski definition) is 1. The molecule has 5 nitrogen and oxygen atoms in total. The molecule has 2 rings (SSSR count). The highest BCUT2D eigenvalue weighted by molar-refractivity contribution is 7.98. The van der Waals surface area contributed by atoms with E-state index in [4.69, 9.17) is 10.5 Å². The summed E-state index contributed by atoms with van der Waals surface area (Å²) in [7, 11) is 0. The Hall–Kier alpha value is -0.690. The van der Waals surface area contributed by atoms with Crippen molar-refractivity contribution in [1.82, 2.24) is 9.88 Å². The predicted octanol–water partition coefficient (Wildman–Crippen LogP) is 2.38. The standard InChI is InChI=1S/C15H23N3O2S.2ClH/c1-21-11-6-14(16)15(19)18-9-4-13(5-10-18)20-12-2-7-17-8-3-12;;/h2-3,7-8,13-14H,4-6,9-11,16H2,1H3;2*1H/t14-;;/m0../s1. The van der Waals surface area contributed by atoms with Crippen molar-refractivity contribution in [3.05, 3.63) is 24.5 Å². The van der Waals surface area contributed by atoms with Crippen LogP contribution < -0.4 is 10.5 Å². The molecular weight excluding hydrogens is 357 g/mol. The van der Waals surface area contributed by atoms with E-state index in [1.54, 1.807) is 24.2 Å². The van der Waals surface area contributed by atoms with E-state index in [2.05, 4.69) is 4.98 Å². The smallest absolute Gasteiger partial charge is 0.239 e. The van der Waals surface area contributed by atoms with Crippen LogP contribution in [0.3, 0.4) is 0 Å². The first kappa shape index (κ1) is 22.3. The summed E-state index contributed by atoms with van der Waals surface area (Å²) in [5, 5.41) is 0. The number of amides is 1. The number of nitrogens with zero attached hydrogens (tertiary/aromatic N) is 2. The van der Waals surface area contributed by atoms with Crippen molar-refractivity contribution in [2.24, 2.45) is 5.73 Å². The molecule has 8 heteroatoms. The lowest BCUT2D eigenvalue weighted by Crippen LogP contribution is -2.48. The predicted molar refractivity (Wildman–Crippen MR) is 99.9 cm³/mol. The molecule has 0 saturated carbocycles. The number of pyridine rings is 1. The Balaban J connectivity index is 0.00000242. The minimum Gasteiger partial charge on any atom is -0.490 e. The van der Waals surface area contributed by atoms with Gasteiger partial charge in [0.1, 0.15) is 11.9 Å². The van der Waals surface area contributed by atoms with Crippen LogP contribution in [0.25, 0.3) is 0 Å². The van der Waals surface area contributed by atoms with Crippen molar-refractivity contribution in [1.29, 1.82) is 0 Å². The van der Waals surface area contributed by atoms with Crippen molar-refractivity contribution >= 4 is 42.5 Å². The number of aromatic nitrogens is 1. The van der Waals surface area contributed by atoms with Gasteiger partial charge in [-0.25, -0.2) is 0 Å². The Kier molecular flexibility index (Phi) is 11.4. The van der Waals surface area contributed by atoms with E-state index in [1.165, 1.54) is 0 Å². The molecule has 2 heterocycles. The summed E-state index contributed by atoms with van der Waals surface area (Å²) in [6.45, 7) is 1.45. The minimum absolute atomic E-state index is 0. The number of rotatable bonds is 6. The number of hydrogen-bond acceptors (Lipinski definition) is 5. The van der Waals surface area contributed by atoms with Crippen LogP contribution in [-0.4, -0.2) is 53.0 Å². The van der Waals surface area contributed by atoms with Gasteiger partial charge >= 0.3 is 0 Å². The summed E-state index contributed by atoms with van der Waals surface area (Å²) < 4.78 is 5.90. The third kappa shape index (κ3) is 7.16. The fourth-order valence-corrected chi connectivity index (χ4v) is 2.90. The summed E-state index contributed by atoms with van der Waals surface area (Å²) in [4.78, 5) is 18.1. The first-order chi connectivity index (χ1) is 10.2. The lowest BCUT2D eigenvalue weighted by molar-refractivity contribution is -0.134. The second kappa shape index (κ2) is 11.8. The molecular formula is C15H25Cl2N3O2S. The lowest BCUT2D eigenvalue weighted by atomic mass is 10.1. The fraction of sp³-hybridized carbons (Fsp3) is 0.600. The average Bonchev–Trinajstić information content (AvgIpc) is 2.53. The van der Waals surface area contributed by atoms with Crippen molar-refractivity contribution in [2.75, 3.05) is 25.1 Å². The number of likely N-dealkylation sites (tertiary alicyclic amines) is 1. The maximum atomic E-state index is 12.2. The zero-order chi connectivity index (χ0) is 15.1. The Labute approximate surface area is 154 Å².